The number of nitrogens with one attached hydrogen (secondary N) is 3. The fourth-order valence-electron chi connectivity index (χ4n) is 3.67. The van der Waals surface area contributed by atoms with Crippen LogP contribution in [0.25, 0.3) is 0 Å². The summed E-state index contributed by atoms with van der Waals surface area (Å²) in [7, 11) is -6.63. The zero-order chi connectivity index (χ0) is 25.6. The third-order valence-corrected chi connectivity index (χ3v) is 6.87. The van der Waals surface area contributed by atoms with Crippen molar-refractivity contribution in [3.8, 4) is 0 Å². The first-order valence-electron chi connectivity index (χ1n) is 11.2. The maximum Gasteiger partial charge on any atom is 0.253 e. The van der Waals surface area contributed by atoms with Crippen LogP contribution in [0.3, 0.4) is 0 Å². The SMILES string of the molecule is CCC(CNS(C)(=O)=O)NC(=O)c1ccc(N2CCN(c3ccc(NS(C)(=O)=O)cc3)CC2)nc1. The molecule has 1 aromatic heterocycles. The number of hydrogen-bond acceptors (Lipinski definition) is 8. The van der Waals surface area contributed by atoms with E-state index in [2.05, 4.69) is 29.5 Å². The van der Waals surface area contributed by atoms with Crippen molar-refractivity contribution in [3.63, 3.8) is 0 Å². The number of amides is 1. The number of aromatic nitrogens is 1. The lowest BCUT2D eigenvalue weighted by Crippen LogP contribution is -2.46. The molecule has 35 heavy (non-hydrogen) atoms. The predicted octanol–water partition coefficient (Wildman–Crippen LogP) is 0.837. The molecule has 0 saturated carbocycles. The zero-order valence-corrected chi connectivity index (χ0v) is 21.7. The number of rotatable bonds is 10. The molecular weight excluding hydrogens is 492 g/mol. The quantitative estimate of drug-likeness (QED) is 0.415. The van der Waals surface area contributed by atoms with Gasteiger partial charge in [0.05, 0.1) is 18.1 Å². The molecule has 2 aromatic rings. The Morgan fingerprint density at radius 1 is 0.943 bits per heavy atom. The third-order valence-electron chi connectivity index (χ3n) is 5.57. The summed E-state index contributed by atoms with van der Waals surface area (Å²) in [5.41, 5.74) is 1.95. The van der Waals surface area contributed by atoms with Gasteiger partial charge in [-0.05, 0) is 42.8 Å². The van der Waals surface area contributed by atoms with Crippen LogP contribution in [0.15, 0.2) is 42.6 Å². The van der Waals surface area contributed by atoms with Gasteiger partial charge in [0.15, 0.2) is 0 Å². The lowest BCUT2D eigenvalue weighted by Gasteiger charge is -2.36. The maximum absolute atomic E-state index is 12.5. The van der Waals surface area contributed by atoms with Gasteiger partial charge in [-0.15, -0.1) is 0 Å². The van der Waals surface area contributed by atoms with Gasteiger partial charge in [-0.2, -0.15) is 0 Å². The van der Waals surface area contributed by atoms with E-state index >= 15 is 0 Å². The fraction of sp³-hybridized carbons (Fsp3) is 0.455. The topological polar surface area (TPSA) is 141 Å². The third kappa shape index (κ3) is 8.37. The van der Waals surface area contributed by atoms with Crippen molar-refractivity contribution in [1.82, 2.24) is 15.0 Å². The summed E-state index contributed by atoms with van der Waals surface area (Å²) in [6, 6.07) is 10.5. The standard InChI is InChI=1S/C22H32N6O5S2/c1-4-18(16-24-34(2,30)31)25-22(29)17-5-10-21(23-15-17)28-13-11-27(12-14-28)20-8-6-19(7-9-20)26-35(3,32)33/h5-10,15,18,24,26H,4,11-14,16H2,1-3H3,(H,25,29). The van der Waals surface area contributed by atoms with E-state index in [9.17, 15) is 21.6 Å². The molecule has 3 N–H and O–H groups in total. The minimum atomic E-state index is -3.33. The van der Waals surface area contributed by atoms with E-state index in [0.29, 0.717) is 17.7 Å². The van der Waals surface area contributed by atoms with E-state index < -0.39 is 20.0 Å². The van der Waals surface area contributed by atoms with Gasteiger partial charge in [-0.1, -0.05) is 6.92 Å². The summed E-state index contributed by atoms with van der Waals surface area (Å²) < 4.78 is 50.2. The average molecular weight is 525 g/mol. The Bertz CT molecular complexity index is 1210. The molecule has 3 rings (SSSR count). The molecule has 1 unspecified atom stereocenters. The van der Waals surface area contributed by atoms with Crippen LogP contribution < -0.4 is 24.6 Å². The Kier molecular flexibility index (Phi) is 8.56. The van der Waals surface area contributed by atoms with E-state index in [4.69, 9.17) is 0 Å². The second-order valence-corrected chi connectivity index (χ2v) is 12.1. The predicted molar refractivity (Wildman–Crippen MR) is 138 cm³/mol. The second kappa shape index (κ2) is 11.2. The number of carbonyl (C=O) groups is 1. The van der Waals surface area contributed by atoms with Crippen molar-refractivity contribution in [2.24, 2.45) is 0 Å². The molecule has 192 valence electrons. The van der Waals surface area contributed by atoms with Crippen molar-refractivity contribution < 1.29 is 21.6 Å². The molecule has 1 aliphatic rings. The van der Waals surface area contributed by atoms with Crippen molar-refractivity contribution in [3.05, 3.63) is 48.2 Å². The van der Waals surface area contributed by atoms with Gasteiger partial charge in [0.2, 0.25) is 20.0 Å². The van der Waals surface area contributed by atoms with Crippen LogP contribution in [0, 0.1) is 0 Å². The molecule has 11 nitrogen and oxygen atoms in total. The lowest BCUT2D eigenvalue weighted by atomic mass is 10.2. The molecule has 2 heterocycles. The number of sulfonamides is 2. The van der Waals surface area contributed by atoms with Crippen molar-refractivity contribution in [2.75, 3.05) is 59.8 Å². The van der Waals surface area contributed by atoms with Crippen LogP contribution in [0.4, 0.5) is 17.2 Å². The molecule has 1 amide bonds. The number of piperazine rings is 1. The fourth-order valence-corrected chi connectivity index (χ4v) is 4.74. The first-order chi connectivity index (χ1) is 16.4. The summed E-state index contributed by atoms with van der Waals surface area (Å²) >= 11 is 0. The Morgan fingerprint density at radius 2 is 1.57 bits per heavy atom. The van der Waals surface area contributed by atoms with E-state index in [1.54, 1.807) is 18.2 Å². The van der Waals surface area contributed by atoms with Crippen LogP contribution in [0.5, 0.6) is 0 Å². The first-order valence-corrected chi connectivity index (χ1v) is 15.0. The number of benzene rings is 1. The molecule has 0 spiro atoms. The highest BCUT2D eigenvalue weighted by molar-refractivity contribution is 7.92. The van der Waals surface area contributed by atoms with E-state index in [-0.39, 0.29) is 18.5 Å². The highest BCUT2D eigenvalue weighted by Crippen LogP contribution is 2.22. The average Bonchev–Trinajstić information content (AvgIpc) is 2.81. The van der Waals surface area contributed by atoms with Gasteiger partial charge in [0.25, 0.3) is 5.91 Å². The number of anilines is 3. The Morgan fingerprint density at radius 3 is 2.09 bits per heavy atom. The largest absolute Gasteiger partial charge is 0.368 e. The summed E-state index contributed by atoms with van der Waals surface area (Å²) in [4.78, 5) is 21.4. The summed E-state index contributed by atoms with van der Waals surface area (Å²) in [5, 5.41) is 2.83. The first kappa shape index (κ1) is 26.7. The Balaban J connectivity index is 1.53. The molecule has 1 fully saturated rings. The minimum absolute atomic E-state index is 0.133. The van der Waals surface area contributed by atoms with Gasteiger partial charge in [0.1, 0.15) is 5.82 Å². The number of nitrogens with zero attached hydrogens (tertiary/aromatic N) is 3. The molecule has 0 radical (unpaired) electrons. The van der Waals surface area contributed by atoms with Crippen LogP contribution in [0.1, 0.15) is 23.7 Å². The minimum Gasteiger partial charge on any atom is -0.368 e. The molecule has 0 bridgehead atoms. The summed E-state index contributed by atoms with van der Waals surface area (Å²) in [6.45, 7) is 5.04. The van der Waals surface area contributed by atoms with Crippen LogP contribution in [-0.2, 0) is 20.0 Å². The molecule has 1 aromatic carbocycles. The Labute approximate surface area is 207 Å². The van der Waals surface area contributed by atoms with E-state index in [1.807, 2.05) is 25.1 Å². The normalized spacial score (nSPS) is 15.5. The number of pyridine rings is 1. The van der Waals surface area contributed by atoms with E-state index in [0.717, 1.165) is 50.2 Å². The highest BCUT2D eigenvalue weighted by atomic mass is 32.2. The van der Waals surface area contributed by atoms with Crippen molar-refractivity contribution in [1.29, 1.82) is 0 Å². The van der Waals surface area contributed by atoms with Gasteiger partial charge < -0.3 is 15.1 Å². The summed E-state index contributed by atoms with van der Waals surface area (Å²) in [5.74, 6) is 0.476. The van der Waals surface area contributed by atoms with Crippen LogP contribution in [-0.4, -0.2) is 79.0 Å². The van der Waals surface area contributed by atoms with Crippen molar-refractivity contribution in [2.45, 2.75) is 19.4 Å². The smallest absolute Gasteiger partial charge is 0.253 e. The molecule has 0 aliphatic carbocycles. The molecule has 1 aliphatic heterocycles. The molecule has 1 atom stereocenters. The highest BCUT2D eigenvalue weighted by Gasteiger charge is 2.20. The van der Waals surface area contributed by atoms with Crippen molar-refractivity contribution >= 4 is 43.1 Å². The van der Waals surface area contributed by atoms with Gasteiger partial charge in [-0.3, -0.25) is 9.52 Å². The number of carbonyl (C=O) groups excluding carboxylic acids is 1. The monoisotopic (exact) mass is 524 g/mol. The van der Waals surface area contributed by atoms with Crippen LogP contribution in [0.2, 0.25) is 0 Å². The Hall–Kier alpha value is -2.90. The summed E-state index contributed by atoms with van der Waals surface area (Å²) in [6.07, 6.45) is 4.32. The maximum atomic E-state index is 12.5. The van der Waals surface area contributed by atoms with Crippen LogP contribution >= 0.6 is 0 Å². The lowest BCUT2D eigenvalue weighted by molar-refractivity contribution is 0.0936. The molecule has 13 heteroatoms. The molecule has 1 saturated heterocycles. The zero-order valence-electron chi connectivity index (χ0n) is 20.1. The second-order valence-electron chi connectivity index (χ2n) is 8.50. The van der Waals surface area contributed by atoms with Gasteiger partial charge >= 0.3 is 0 Å². The van der Waals surface area contributed by atoms with Gasteiger partial charge in [0, 0.05) is 56.3 Å². The molecular formula is C22H32N6O5S2. The number of hydrogen-bond donors (Lipinski definition) is 3. The van der Waals surface area contributed by atoms with Gasteiger partial charge in [-0.25, -0.2) is 26.5 Å². The van der Waals surface area contributed by atoms with E-state index in [1.165, 1.54) is 6.20 Å².